The molecule has 1 saturated heterocycles. The van der Waals surface area contributed by atoms with E-state index in [1.807, 2.05) is 6.07 Å². The molecular weight excluding hydrogens is 316 g/mol. The van der Waals surface area contributed by atoms with E-state index in [4.69, 9.17) is 9.47 Å². The fourth-order valence-electron chi connectivity index (χ4n) is 3.10. The van der Waals surface area contributed by atoms with Crippen LogP contribution in [-0.2, 0) is 16.0 Å². The first-order valence-corrected chi connectivity index (χ1v) is 9.28. The molecule has 0 radical (unpaired) electrons. The second-order valence-electron chi connectivity index (χ2n) is 6.77. The Balaban J connectivity index is 1.38. The van der Waals surface area contributed by atoms with E-state index in [0.717, 1.165) is 44.7 Å². The van der Waals surface area contributed by atoms with E-state index in [0.29, 0.717) is 19.7 Å². The van der Waals surface area contributed by atoms with Crippen LogP contribution >= 0.6 is 0 Å². The van der Waals surface area contributed by atoms with Crippen molar-refractivity contribution in [2.75, 3.05) is 32.8 Å². The molecule has 0 N–H and O–H groups in total. The number of benzene rings is 1. The zero-order valence-electron chi connectivity index (χ0n) is 15.0. The van der Waals surface area contributed by atoms with E-state index in [2.05, 4.69) is 42.2 Å². The summed E-state index contributed by atoms with van der Waals surface area (Å²) in [6, 6.07) is 10.5. The first kappa shape index (κ1) is 17.8. The van der Waals surface area contributed by atoms with Crippen LogP contribution < -0.4 is 0 Å². The van der Waals surface area contributed by atoms with Crippen LogP contribution in [0.4, 0.5) is 4.79 Å². The maximum Gasteiger partial charge on any atom is 0.410 e. The maximum atomic E-state index is 11.8. The van der Waals surface area contributed by atoms with E-state index in [1.54, 1.807) is 4.90 Å². The molecule has 136 valence electrons. The van der Waals surface area contributed by atoms with Crippen LogP contribution in [0.15, 0.2) is 42.2 Å². The number of likely N-dealkylation sites (tertiary alicyclic amines) is 1. The van der Waals surface area contributed by atoms with Gasteiger partial charge in [-0.25, -0.2) is 4.79 Å². The fourth-order valence-corrected chi connectivity index (χ4v) is 3.10. The van der Waals surface area contributed by atoms with Gasteiger partial charge in [0.15, 0.2) is 0 Å². The van der Waals surface area contributed by atoms with E-state index in [9.17, 15) is 4.79 Å². The van der Waals surface area contributed by atoms with Gasteiger partial charge in [-0.15, -0.1) is 0 Å². The van der Waals surface area contributed by atoms with Gasteiger partial charge in [0.25, 0.3) is 0 Å². The number of hydrogen-bond acceptors (Lipinski definition) is 4. The smallest absolute Gasteiger partial charge is 0.410 e. The Bertz CT molecular complexity index is 582. The first-order valence-electron chi connectivity index (χ1n) is 9.28. The third kappa shape index (κ3) is 5.23. The van der Waals surface area contributed by atoms with E-state index in [1.165, 1.54) is 5.56 Å². The molecule has 1 aromatic carbocycles. The van der Waals surface area contributed by atoms with Crippen molar-refractivity contribution in [3.63, 3.8) is 0 Å². The van der Waals surface area contributed by atoms with Crippen LogP contribution in [0.5, 0.6) is 0 Å². The van der Waals surface area contributed by atoms with Crippen molar-refractivity contribution < 1.29 is 14.3 Å². The summed E-state index contributed by atoms with van der Waals surface area (Å²) < 4.78 is 11.3. The van der Waals surface area contributed by atoms with Gasteiger partial charge < -0.3 is 14.4 Å². The lowest BCUT2D eigenvalue weighted by Gasteiger charge is -2.39. The van der Waals surface area contributed by atoms with Crippen LogP contribution in [0, 0.1) is 0 Å². The SMILES string of the molecule is CCCCOC(=O)N1CC(OC2=CCCN(Cc3ccccc3)C2)C1. The predicted octanol–water partition coefficient (Wildman–Crippen LogP) is 3.41. The third-order valence-corrected chi connectivity index (χ3v) is 4.59. The number of carbonyl (C=O) groups excluding carboxylic acids is 1. The highest BCUT2D eigenvalue weighted by atomic mass is 16.6. The van der Waals surface area contributed by atoms with Gasteiger partial charge in [0.1, 0.15) is 11.9 Å². The molecule has 1 fully saturated rings. The Kier molecular flexibility index (Phi) is 6.34. The minimum atomic E-state index is -0.211. The van der Waals surface area contributed by atoms with Crippen molar-refractivity contribution in [3.05, 3.63) is 47.7 Å². The molecule has 2 aliphatic rings. The normalized spacial score (nSPS) is 18.4. The quantitative estimate of drug-likeness (QED) is 0.711. The van der Waals surface area contributed by atoms with E-state index in [-0.39, 0.29) is 12.2 Å². The van der Waals surface area contributed by atoms with Gasteiger partial charge in [-0.3, -0.25) is 4.90 Å². The minimum absolute atomic E-state index is 0.0988. The van der Waals surface area contributed by atoms with Gasteiger partial charge in [0, 0.05) is 13.1 Å². The molecular formula is C20H28N2O3. The molecule has 0 aliphatic carbocycles. The Morgan fingerprint density at radius 1 is 1.24 bits per heavy atom. The Labute approximate surface area is 150 Å². The Hall–Kier alpha value is -2.01. The average Bonchev–Trinajstić information content (AvgIpc) is 2.59. The number of ether oxygens (including phenoxy) is 2. The van der Waals surface area contributed by atoms with E-state index < -0.39 is 0 Å². The molecule has 0 spiro atoms. The van der Waals surface area contributed by atoms with Crippen molar-refractivity contribution in [2.24, 2.45) is 0 Å². The summed E-state index contributed by atoms with van der Waals surface area (Å²) in [6.45, 7) is 6.69. The Morgan fingerprint density at radius 3 is 2.80 bits per heavy atom. The summed E-state index contributed by atoms with van der Waals surface area (Å²) >= 11 is 0. The largest absolute Gasteiger partial charge is 0.490 e. The van der Waals surface area contributed by atoms with Gasteiger partial charge in [-0.1, -0.05) is 43.7 Å². The Morgan fingerprint density at radius 2 is 2.04 bits per heavy atom. The molecule has 2 aliphatic heterocycles. The molecule has 5 heteroatoms. The zero-order chi connectivity index (χ0) is 17.5. The zero-order valence-corrected chi connectivity index (χ0v) is 15.0. The number of nitrogens with zero attached hydrogens (tertiary/aromatic N) is 2. The van der Waals surface area contributed by atoms with Crippen molar-refractivity contribution >= 4 is 6.09 Å². The van der Waals surface area contributed by atoms with Crippen molar-refractivity contribution in [1.29, 1.82) is 0 Å². The van der Waals surface area contributed by atoms with Gasteiger partial charge in [-0.05, 0) is 24.5 Å². The standard InChI is InChI=1S/C20H28N2O3/c1-2-3-12-24-20(23)22-15-19(16-22)25-18-10-7-11-21(14-18)13-17-8-5-4-6-9-17/h4-6,8-10,19H,2-3,7,11-16H2,1H3. The van der Waals surface area contributed by atoms with Crippen LogP contribution in [0.25, 0.3) is 0 Å². The molecule has 1 amide bonds. The van der Waals surface area contributed by atoms with E-state index >= 15 is 0 Å². The molecule has 1 aromatic rings. The monoisotopic (exact) mass is 344 g/mol. The molecule has 0 atom stereocenters. The highest BCUT2D eigenvalue weighted by molar-refractivity contribution is 5.68. The predicted molar refractivity (Wildman–Crippen MR) is 97.1 cm³/mol. The lowest BCUT2D eigenvalue weighted by molar-refractivity contribution is -0.0278. The fraction of sp³-hybridized carbons (Fsp3) is 0.550. The molecule has 2 heterocycles. The number of rotatable bonds is 7. The summed E-state index contributed by atoms with van der Waals surface area (Å²) in [5, 5.41) is 0. The molecule has 25 heavy (non-hydrogen) atoms. The molecule has 5 nitrogen and oxygen atoms in total. The van der Waals surface area contributed by atoms with Crippen molar-refractivity contribution in [2.45, 2.75) is 38.8 Å². The van der Waals surface area contributed by atoms with Crippen LogP contribution in [0.1, 0.15) is 31.7 Å². The lowest BCUT2D eigenvalue weighted by atomic mass is 10.1. The van der Waals surface area contributed by atoms with Crippen LogP contribution in [0.2, 0.25) is 0 Å². The molecule has 0 bridgehead atoms. The van der Waals surface area contributed by atoms with Crippen molar-refractivity contribution in [1.82, 2.24) is 9.80 Å². The minimum Gasteiger partial charge on any atom is -0.490 e. The summed E-state index contributed by atoms with van der Waals surface area (Å²) in [4.78, 5) is 15.9. The van der Waals surface area contributed by atoms with Gasteiger partial charge >= 0.3 is 6.09 Å². The molecule has 0 unspecified atom stereocenters. The second kappa shape index (κ2) is 8.90. The highest BCUT2D eigenvalue weighted by Gasteiger charge is 2.34. The molecule has 0 aromatic heterocycles. The van der Waals surface area contributed by atoms with Crippen LogP contribution in [0.3, 0.4) is 0 Å². The summed E-state index contributed by atoms with van der Waals surface area (Å²) in [5.74, 6) is 1.03. The number of carbonyl (C=O) groups is 1. The average molecular weight is 344 g/mol. The van der Waals surface area contributed by atoms with Crippen molar-refractivity contribution in [3.8, 4) is 0 Å². The topological polar surface area (TPSA) is 42.0 Å². The summed E-state index contributed by atoms with van der Waals surface area (Å²) in [7, 11) is 0. The first-order chi connectivity index (χ1) is 12.2. The number of hydrogen-bond donors (Lipinski definition) is 0. The summed E-state index contributed by atoms with van der Waals surface area (Å²) in [6.07, 6.45) is 5.04. The lowest BCUT2D eigenvalue weighted by Crippen LogP contribution is -2.55. The second-order valence-corrected chi connectivity index (χ2v) is 6.77. The third-order valence-electron chi connectivity index (χ3n) is 4.59. The summed E-state index contributed by atoms with van der Waals surface area (Å²) in [5.41, 5.74) is 1.33. The van der Waals surface area contributed by atoms with Gasteiger partial charge in [-0.2, -0.15) is 0 Å². The van der Waals surface area contributed by atoms with Gasteiger partial charge in [0.2, 0.25) is 0 Å². The highest BCUT2D eigenvalue weighted by Crippen LogP contribution is 2.20. The molecule has 0 saturated carbocycles. The number of amides is 1. The molecule has 3 rings (SSSR count). The van der Waals surface area contributed by atoms with Gasteiger partial charge in [0.05, 0.1) is 26.2 Å². The number of unbranched alkanes of at least 4 members (excludes halogenated alkanes) is 1. The van der Waals surface area contributed by atoms with Crippen LogP contribution in [-0.4, -0.2) is 54.8 Å². The maximum absolute atomic E-state index is 11.8.